The topological polar surface area (TPSA) is 43.8 Å². The van der Waals surface area contributed by atoms with Crippen molar-refractivity contribution in [1.82, 2.24) is 9.78 Å². The second-order valence-electron chi connectivity index (χ2n) is 3.64. The van der Waals surface area contributed by atoms with Crippen molar-refractivity contribution < 1.29 is 13.2 Å². The van der Waals surface area contributed by atoms with Gasteiger partial charge in [0.05, 0.1) is 11.3 Å². The van der Waals surface area contributed by atoms with Gasteiger partial charge in [0.25, 0.3) is 0 Å². The van der Waals surface area contributed by atoms with Crippen molar-refractivity contribution in [2.24, 2.45) is 0 Å². The van der Waals surface area contributed by atoms with Crippen molar-refractivity contribution in [2.75, 3.05) is 5.73 Å². The van der Waals surface area contributed by atoms with Crippen LogP contribution in [0.1, 0.15) is 11.3 Å². The summed E-state index contributed by atoms with van der Waals surface area (Å²) in [6.45, 7) is 1.65. The summed E-state index contributed by atoms with van der Waals surface area (Å²) >= 11 is 0. The first-order valence-corrected chi connectivity index (χ1v) is 4.88. The molecular weight excluding hydrogens is 231 g/mol. The molecule has 2 rings (SSSR count). The molecular formula is C11H10F3N3. The van der Waals surface area contributed by atoms with E-state index in [1.165, 1.54) is 28.9 Å². The number of halogens is 3. The Morgan fingerprint density at radius 3 is 2.41 bits per heavy atom. The van der Waals surface area contributed by atoms with Gasteiger partial charge in [-0.15, -0.1) is 0 Å². The highest BCUT2D eigenvalue weighted by Crippen LogP contribution is 2.33. The molecule has 0 saturated carbocycles. The molecule has 0 aliphatic rings. The van der Waals surface area contributed by atoms with Crippen LogP contribution in [0.5, 0.6) is 0 Å². The van der Waals surface area contributed by atoms with Crippen LogP contribution in [0, 0.1) is 6.92 Å². The summed E-state index contributed by atoms with van der Waals surface area (Å²) in [6.07, 6.45) is -4.41. The molecule has 0 atom stereocenters. The molecule has 2 N–H and O–H groups in total. The van der Waals surface area contributed by atoms with E-state index in [4.69, 9.17) is 5.73 Å². The molecule has 0 fully saturated rings. The minimum Gasteiger partial charge on any atom is -0.382 e. The Morgan fingerprint density at radius 2 is 1.88 bits per heavy atom. The zero-order valence-electron chi connectivity index (χ0n) is 8.99. The zero-order valence-corrected chi connectivity index (χ0v) is 8.99. The van der Waals surface area contributed by atoms with E-state index in [1.54, 1.807) is 6.92 Å². The number of benzene rings is 1. The Kier molecular flexibility index (Phi) is 2.57. The highest BCUT2D eigenvalue weighted by Gasteiger charge is 2.34. The molecule has 0 saturated heterocycles. The van der Waals surface area contributed by atoms with Crippen LogP contribution < -0.4 is 5.73 Å². The lowest BCUT2D eigenvalue weighted by atomic mass is 10.1. The molecule has 0 spiro atoms. The fraction of sp³-hybridized carbons (Fsp3) is 0.182. The van der Waals surface area contributed by atoms with Gasteiger partial charge >= 0.3 is 6.18 Å². The number of nitrogen functional groups attached to an aromatic ring is 1. The molecule has 0 aliphatic carbocycles. The smallest absolute Gasteiger partial charge is 0.382 e. The zero-order chi connectivity index (χ0) is 12.6. The van der Waals surface area contributed by atoms with Crippen LogP contribution in [-0.4, -0.2) is 9.78 Å². The van der Waals surface area contributed by atoms with Crippen LogP contribution in [0.15, 0.2) is 30.3 Å². The van der Waals surface area contributed by atoms with Crippen molar-refractivity contribution >= 4 is 5.82 Å². The first-order valence-electron chi connectivity index (χ1n) is 4.88. The van der Waals surface area contributed by atoms with E-state index in [0.29, 0.717) is 5.69 Å². The number of alkyl halides is 3. The first-order chi connectivity index (χ1) is 7.89. The average Bonchev–Trinajstić information content (AvgIpc) is 2.56. The van der Waals surface area contributed by atoms with Gasteiger partial charge in [-0.2, -0.15) is 18.3 Å². The van der Waals surface area contributed by atoms with E-state index < -0.39 is 11.7 Å². The van der Waals surface area contributed by atoms with Gasteiger partial charge < -0.3 is 5.73 Å². The van der Waals surface area contributed by atoms with Crippen molar-refractivity contribution in [3.8, 4) is 5.69 Å². The van der Waals surface area contributed by atoms with E-state index in [-0.39, 0.29) is 11.5 Å². The summed E-state index contributed by atoms with van der Waals surface area (Å²) in [5.74, 6) is 0.194. The Hall–Kier alpha value is -1.98. The largest absolute Gasteiger partial charge is 0.418 e. The number of nitrogens with two attached hydrogens (primary N) is 1. The summed E-state index contributed by atoms with van der Waals surface area (Å²) in [5, 5.41) is 3.85. The van der Waals surface area contributed by atoms with Crippen LogP contribution in [0.25, 0.3) is 5.69 Å². The number of hydrogen-bond acceptors (Lipinski definition) is 2. The number of nitrogens with zero attached hydrogens (tertiary/aromatic N) is 2. The lowest BCUT2D eigenvalue weighted by Gasteiger charge is -2.13. The Bertz CT molecular complexity index is 543. The van der Waals surface area contributed by atoms with Gasteiger partial charge in [0.15, 0.2) is 0 Å². The minimum atomic E-state index is -4.41. The maximum absolute atomic E-state index is 12.8. The lowest BCUT2D eigenvalue weighted by Crippen LogP contribution is -2.12. The molecule has 0 radical (unpaired) electrons. The molecule has 0 unspecified atom stereocenters. The molecule has 1 heterocycles. The van der Waals surface area contributed by atoms with Crippen LogP contribution >= 0.6 is 0 Å². The van der Waals surface area contributed by atoms with Crippen LogP contribution in [0.2, 0.25) is 0 Å². The Labute approximate surface area is 95.7 Å². The standard InChI is InChI=1S/C11H10F3N3/c1-7-6-10(15)16-17(7)9-5-3-2-4-8(9)11(12,13)14/h2-6H,1H3,(H2,15,16). The van der Waals surface area contributed by atoms with Crippen LogP contribution in [-0.2, 0) is 6.18 Å². The second-order valence-corrected chi connectivity index (χ2v) is 3.64. The quantitative estimate of drug-likeness (QED) is 0.834. The number of rotatable bonds is 1. The third kappa shape index (κ3) is 2.11. The molecule has 17 heavy (non-hydrogen) atoms. The number of para-hydroxylation sites is 1. The summed E-state index contributed by atoms with van der Waals surface area (Å²) in [7, 11) is 0. The summed E-state index contributed by atoms with van der Waals surface area (Å²) in [5.41, 5.74) is 5.27. The van der Waals surface area contributed by atoms with E-state index in [1.807, 2.05) is 0 Å². The number of aryl methyl sites for hydroxylation is 1. The Balaban J connectivity index is 2.64. The van der Waals surface area contributed by atoms with E-state index in [2.05, 4.69) is 5.10 Å². The maximum Gasteiger partial charge on any atom is 0.418 e. The van der Waals surface area contributed by atoms with Gasteiger partial charge in [-0.25, -0.2) is 4.68 Å². The van der Waals surface area contributed by atoms with Crippen molar-refractivity contribution in [2.45, 2.75) is 13.1 Å². The van der Waals surface area contributed by atoms with Crippen molar-refractivity contribution in [3.63, 3.8) is 0 Å². The van der Waals surface area contributed by atoms with Crippen LogP contribution in [0.4, 0.5) is 19.0 Å². The highest BCUT2D eigenvalue weighted by molar-refractivity contribution is 5.45. The Morgan fingerprint density at radius 1 is 1.24 bits per heavy atom. The molecule has 2 aromatic rings. The fourth-order valence-corrected chi connectivity index (χ4v) is 1.64. The van der Waals surface area contributed by atoms with E-state index >= 15 is 0 Å². The summed E-state index contributed by atoms with van der Waals surface area (Å²) in [4.78, 5) is 0. The molecule has 1 aromatic heterocycles. The van der Waals surface area contributed by atoms with E-state index in [0.717, 1.165) is 6.07 Å². The molecule has 0 amide bonds. The SMILES string of the molecule is Cc1cc(N)nn1-c1ccccc1C(F)(F)F. The van der Waals surface area contributed by atoms with Crippen molar-refractivity contribution in [1.29, 1.82) is 0 Å². The molecule has 6 heteroatoms. The first kappa shape index (κ1) is 11.5. The van der Waals surface area contributed by atoms with Gasteiger partial charge in [-0.05, 0) is 19.1 Å². The van der Waals surface area contributed by atoms with Crippen molar-refractivity contribution in [3.05, 3.63) is 41.6 Å². The van der Waals surface area contributed by atoms with E-state index in [9.17, 15) is 13.2 Å². The number of hydrogen-bond donors (Lipinski definition) is 1. The third-order valence-electron chi connectivity index (χ3n) is 2.34. The molecule has 0 aliphatic heterocycles. The van der Waals surface area contributed by atoms with Crippen LogP contribution in [0.3, 0.4) is 0 Å². The lowest BCUT2D eigenvalue weighted by molar-refractivity contribution is -0.137. The number of anilines is 1. The third-order valence-corrected chi connectivity index (χ3v) is 2.34. The highest BCUT2D eigenvalue weighted by atomic mass is 19.4. The predicted molar refractivity (Wildman–Crippen MR) is 57.7 cm³/mol. The van der Waals surface area contributed by atoms with Gasteiger partial charge in [0, 0.05) is 11.8 Å². The van der Waals surface area contributed by atoms with Gasteiger partial charge in [-0.1, -0.05) is 12.1 Å². The number of aromatic nitrogens is 2. The second kappa shape index (κ2) is 3.80. The maximum atomic E-state index is 12.8. The molecule has 0 bridgehead atoms. The minimum absolute atomic E-state index is 0.0193. The fourth-order valence-electron chi connectivity index (χ4n) is 1.64. The van der Waals surface area contributed by atoms with Gasteiger partial charge in [0.2, 0.25) is 0 Å². The molecule has 3 nitrogen and oxygen atoms in total. The summed E-state index contributed by atoms with van der Waals surface area (Å²) < 4.78 is 39.6. The summed E-state index contributed by atoms with van der Waals surface area (Å²) in [6, 6.07) is 6.78. The predicted octanol–water partition coefficient (Wildman–Crippen LogP) is 2.78. The van der Waals surface area contributed by atoms with Gasteiger partial charge in [-0.3, -0.25) is 0 Å². The van der Waals surface area contributed by atoms with Gasteiger partial charge in [0.1, 0.15) is 5.82 Å². The normalized spacial score (nSPS) is 11.8. The monoisotopic (exact) mass is 241 g/mol. The average molecular weight is 241 g/mol. The molecule has 1 aromatic carbocycles. The molecule has 90 valence electrons.